The minimum atomic E-state index is -0.501. The molecule has 0 bridgehead atoms. The van der Waals surface area contributed by atoms with E-state index >= 15 is 0 Å². The van der Waals surface area contributed by atoms with Crippen molar-refractivity contribution in [2.24, 2.45) is 0 Å². The highest BCUT2D eigenvalue weighted by molar-refractivity contribution is 6.36. The van der Waals surface area contributed by atoms with E-state index in [0.717, 1.165) is 5.56 Å². The monoisotopic (exact) mass is 554 g/mol. The predicted molar refractivity (Wildman–Crippen MR) is 147 cm³/mol. The third-order valence-electron chi connectivity index (χ3n) is 5.81. The molecule has 0 radical (unpaired) electrons. The normalized spacial score (nSPS) is 10.9. The van der Waals surface area contributed by atoms with Crippen LogP contribution in [0.1, 0.15) is 15.9 Å². The summed E-state index contributed by atoms with van der Waals surface area (Å²) in [6.07, 6.45) is 1.72. The maximum Gasteiger partial charge on any atom is 0.255 e. The number of halogens is 3. The van der Waals surface area contributed by atoms with Crippen LogP contribution in [0.5, 0.6) is 0 Å². The first-order valence-corrected chi connectivity index (χ1v) is 12.5. The molecule has 7 nitrogen and oxygen atoms in total. The number of aryl methyl sites for hydroxylation is 1. The summed E-state index contributed by atoms with van der Waals surface area (Å²) in [7, 11) is 1.50. The van der Waals surface area contributed by atoms with Crippen LogP contribution in [0.3, 0.4) is 0 Å². The molecule has 1 N–H and O–H groups in total. The molecule has 4 aromatic rings. The van der Waals surface area contributed by atoms with Gasteiger partial charge in [0.1, 0.15) is 12.4 Å². The number of hydrogen-bond donors (Lipinski definition) is 1. The summed E-state index contributed by atoms with van der Waals surface area (Å²) >= 11 is 12.2. The van der Waals surface area contributed by atoms with E-state index < -0.39 is 11.8 Å². The van der Waals surface area contributed by atoms with Gasteiger partial charge < -0.3 is 9.64 Å². The number of hydrogen-bond acceptors (Lipinski definition) is 4. The van der Waals surface area contributed by atoms with Gasteiger partial charge in [-0.25, -0.2) is 9.37 Å². The second-order valence-electron chi connectivity index (χ2n) is 8.51. The molecule has 1 heterocycles. The first kappa shape index (κ1) is 27.3. The van der Waals surface area contributed by atoms with Crippen LogP contribution in [-0.4, -0.2) is 53.1 Å². The molecule has 3 aromatic carbocycles. The van der Waals surface area contributed by atoms with Crippen LogP contribution in [0.4, 0.5) is 10.3 Å². The lowest BCUT2D eigenvalue weighted by atomic mass is 10.2. The van der Waals surface area contributed by atoms with Crippen molar-refractivity contribution in [1.29, 1.82) is 0 Å². The average molecular weight is 555 g/mol. The van der Waals surface area contributed by atoms with E-state index in [1.807, 2.05) is 30.3 Å². The fourth-order valence-corrected chi connectivity index (χ4v) is 4.26. The van der Waals surface area contributed by atoms with Crippen LogP contribution in [0.2, 0.25) is 10.0 Å². The van der Waals surface area contributed by atoms with Gasteiger partial charge in [-0.15, -0.1) is 0 Å². The Morgan fingerprint density at radius 3 is 2.53 bits per heavy atom. The molecule has 38 heavy (non-hydrogen) atoms. The summed E-state index contributed by atoms with van der Waals surface area (Å²) in [6.45, 7) is 1.73. The molecule has 0 aliphatic heterocycles. The van der Waals surface area contributed by atoms with Gasteiger partial charge in [0.25, 0.3) is 5.91 Å². The molecule has 0 saturated heterocycles. The van der Waals surface area contributed by atoms with Crippen LogP contribution in [0.25, 0.3) is 16.9 Å². The van der Waals surface area contributed by atoms with Gasteiger partial charge in [0.2, 0.25) is 11.9 Å². The molecule has 0 unspecified atom stereocenters. The molecule has 0 fully saturated rings. The zero-order chi connectivity index (χ0) is 27.2. The Kier molecular flexibility index (Phi) is 8.78. The van der Waals surface area contributed by atoms with E-state index in [-0.39, 0.29) is 42.0 Å². The fourth-order valence-electron chi connectivity index (χ4n) is 3.77. The number of methoxy groups -OCH3 is 1. The smallest absolute Gasteiger partial charge is 0.255 e. The predicted octanol–water partition coefficient (Wildman–Crippen LogP) is 6.02. The minimum Gasteiger partial charge on any atom is -0.383 e. The second kappa shape index (κ2) is 12.2. The van der Waals surface area contributed by atoms with Gasteiger partial charge in [-0.1, -0.05) is 59.6 Å². The molecule has 0 atom stereocenters. The number of ether oxygens (including phenoxy) is 1. The summed E-state index contributed by atoms with van der Waals surface area (Å²) in [5.41, 5.74) is 2.60. The van der Waals surface area contributed by atoms with Crippen molar-refractivity contribution in [3.05, 3.63) is 99.9 Å². The van der Waals surface area contributed by atoms with Gasteiger partial charge in [0.05, 0.1) is 28.6 Å². The molecule has 0 saturated carbocycles. The number of nitrogens with zero attached hydrogens (tertiary/aromatic N) is 3. The standard InChI is InChI=1S/C28H25Cl2FN4O3/c1-18-8-10-21(15-24(18)31)35-16-25(19-6-4-3-5-7-19)32-28(35)33-26(36)17-34(12-13-38-2)27(37)22-11-9-20(29)14-23(22)30/h3-11,14-16H,12-13,17H2,1-2H3,(H,32,33,36). The van der Waals surface area contributed by atoms with Crippen LogP contribution in [0, 0.1) is 12.7 Å². The summed E-state index contributed by atoms with van der Waals surface area (Å²) in [6, 6.07) is 18.7. The highest BCUT2D eigenvalue weighted by Crippen LogP contribution is 2.26. The van der Waals surface area contributed by atoms with Gasteiger partial charge >= 0.3 is 0 Å². The lowest BCUT2D eigenvalue weighted by Crippen LogP contribution is -2.40. The van der Waals surface area contributed by atoms with E-state index in [9.17, 15) is 14.0 Å². The third-order valence-corrected chi connectivity index (χ3v) is 6.36. The highest BCUT2D eigenvalue weighted by atomic mass is 35.5. The van der Waals surface area contributed by atoms with Crippen molar-refractivity contribution >= 4 is 41.0 Å². The van der Waals surface area contributed by atoms with Crippen molar-refractivity contribution in [3.8, 4) is 16.9 Å². The highest BCUT2D eigenvalue weighted by Gasteiger charge is 2.23. The molecular formula is C28H25Cl2FN4O3. The van der Waals surface area contributed by atoms with E-state index in [0.29, 0.717) is 22.0 Å². The van der Waals surface area contributed by atoms with Crippen LogP contribution >= 0.6 is 23.2 Å². The van der Waals surface area contributed by atoms with E-state index in [1.54, 1.807) is 35.9 Å². The zero-order valence-corrected chi connectivity index (χ0v) is 22.3. The molecule has 10 heteroatoms. The first-order valence-electron chi connectivity index (χ1n) is 11.7. The largest absolute Gasteiger partial charge is 0.383 e. The van der Waals surface area contributed by atoms with Gasteiger partial charge in [-0.05, 0) is 42.8 Å². The number of aromatic nitrogens is 2. The molecule has 0 aliphatic rings. The third kappa shape index (κ3) is 6.39. The summed E-state index contributed by atoms with van der Waals surface area (Å²) in [5.74, 6) is -1.15. The topological polar surface area (TPSA) is 76.5 Å². The number of carbonyl (C=O) groups is 2. The van der Waals surface area contributed by atoms with Crippen molar-refractivity contribution in [1.82, 2.24) is 14.5 Å². The maximum atomic E-state index is 14.4. The van der Waals surface area contributed by atoms with Crippen molar-refractivity contribution < 1.29 is 18.7 Å². The maximum absolute atomic E-state index is 14.4. The average Bonchev–Trinajstić information content (AvgIpc) is 3.32. The summed E-state index contributed by atoms with van der Waals surface area (Å²) < 4.78 is 21.1. The molecule has 4 rings (SSSR count). The Bertz CT molecular complexity index is 1460. The Hall–Kier alpha value is -3.72. The molecule has 0 spiro atoms. The van der Waals surface area contributed by atoms with Crippen molar-refractivity contribution in [3.63, 3.8) is 0 Å². The second-order valence-corrected chi connectivity index (χ2v) is 9.35. The molecular weight excluding hydrogens is 530 g/mol. The van der Waals surface area contributed by atoms with Gasteiger partial charge in [0, 0.05) is 30.4 Å². The Morgan fingerprint density at radius 1 is 1.08 bits per heavy atom. The van der Waals surface area contributed by atoms with E-state index in [2.05, 4.69) is 10.3 Å². The first-order chi connectivity index (χ1) is 18.3. The number of rotatable bonds is 9. The number of amides is 2. The van der Waals surface area contributed by atoms with Crippen molar-refractivity contribution in [2.75, 3.05) is 32.1 Å². The number of imidazole rings is 1. The van der Waals surface area contributed by atoms with E-state index in [1.165, 1.54) is 30.2 Å². The number of carbonyl (C=O) groups excluding carboxylic acids is 2. The zero-order valence-electron chi connectivity index (χ0n) is 20.7. The molecule has 2 amide bonds. The lowest BCUT2D eigenvalue weighted by Gasteiger charge is -2.22. The SMILES string of the molecule is COCCN(CC(=O)Nc1nc(-c2ccccc2)cn1-c1ccc(C)c(F)c1)C(=O)c1ccc(Cl)cc1Cl. The quantitative estimate of drug-likeness (QED) is 0.274. The van der Waals surface area contributed by atoms with Gasteiger partial charge in [0.15, 0.2) is 0 Å². The summed E-state index contributed by atoms with van der Waals surface area (Å²) in [4.78, 5) is 32.3. The Labute approximate surface area is 229 Å². The fraction of sp³-hybridized carbons (Fsp3) is 0.179. The minimum absolute atomic E-state index is 0.147. The number of anilines is 1. The van der Waals surface area contributed by atoms with Gasteiger partial charge in [-0.3, -0.25) is 19.5 Å². The van der Waals surface area contributed by atoms with Crippen molar-refractivity contribution in [2.45, 2.75) is 6.92 Å². The Balaban J connectivity index is 1.63. The van der Waals surface area contributed by atoms with E-state index in [4.69, 9.17) is 27.9 Å². The molecule has 196 valence electrons. The van der Waals surface area contributed by atoms with Crippen LogP contribution in [-0.2, 0) is 9.53 Å². The molecule has 1 aromatic heterocycles. The van der Waals surface area contributed by atoms with Crippen LogP contribution in [0.15, 0.2) is 72.9 Å². The van der Waals surface area contributed by atoms with Gasteiger partial charge in [-0.2, -0.15) is 0 Å². The number of nitrogens with one attached hydrogen (secondary N) is 1. The lowest BCUT2D eigenvalue weighted by molar-refractivity contribution is -0.117. The molecule has 0 aliphatic carbocycles. The number of benzene rings is 3. The van der Waals surface area contributed by atoms with Crippen LogP contribution < -0.4 is 5.32 Å². The summed E-state index contributed by atoms with van der Waals surface area (Å²) in [5, 5.41) is 3.34. The Morgan fingerprint density at radius 2 is 1.84 bits per heavy atom.